The molecule has 0 saturated carbocycles. The number of aliphatic hydroxyl groups excluding tert-OH is 2. The molecule has 0 unspecified atom stereocenters. The highest BCUT2D eigenvalue weighted by atomic mass is 79.9. The standard InChI is InChI=1S/C18H17BrClN5O2S/c19-9-2-3-10-8(5-9)1-4-11(10)22-15-13-16(24-18(20)23-15)25(7-21-13)17-14(27)12(26)6-28-17/h2-3,5,7,11-12,14,17,26-27H,1,4,6H2,(H,22,23,24)/t11-,12-,14-,17-/m1/s1. The molecular formula is C18H17BrClN5O2S. The van der Waals surface area contributed by atoms with Crippen molar-refractivity contribution in [2.45, 2.75) is 36.5 Å². The van der Waals surface area contributed by atoms with E-state index < -0.39 is 12.2 Å². The van der Waals surface area contributed by atoms with E-state index in [2.05, 4.69) is 48.3 Å². The summed E-state index contributed by atoms with van der Waals surface area (Å²) in [6, 6.07) is 6.43. The Hall–Kier alpha value is -1.39. The highest BCUT2D eigenvalue weighted by Crippen LogP contribution is 2.40. The first-order chi connectivity index (χ1) is 13.5. The predicted octanol–water partition coefficient (Wildman–Crippen LogP) is 3.31. The van der Waals surface area contributed by atoms with E-state index in [4.69, 9.17) is 11.6 Å². The smallest absolute Gasteiger partial charge is 0.226 e. The maximum Gasteiger partial charge on any atom is 0.226 e. The van der Waals surface area contributed by atoms with E-state index in [9.17, 15) is 10.2 Å². The molecule has 0 radical (unpaired) electrons. The van der Waals surface area contributed by atoms with Crippen molar-refractivity contribution in [3.05, 3.63) is 45.4 Å². The van der Waals surface area contributed by atoms with Gasteiger partial charge in [-0.3, -0.25) is 4.57 Å². The van der Waals surface area contributed by atoms with Crippen LogP contribution >= 0.6 is 39.3 Å². The summed E-state index contributed by atoms with van der Waals surface area (Å²) in [7, 11) is 0. The second kappa shape index (κ2) is 7.14. The number of hydrogen-bond donors (Lipinski definition) is 3. The second-order valence-electron chi connectivity index (χ2n) is 7.03. The number of rotatable bonds is 3. The number of thioether (sulfide) groups is 1. The van der Waals surface area contributed by atoms with Gasteiger partial charge in [0.2, 0.25) is 5.28 Å². The van der Waals surface area contributed by atoms with Gasteiger partial charge in [0.25, 0.3) is 0 Å². The molecular weight excluding hydrogens is 466 g/mol. The molecule has 28 heavy (non-hydrogen) atoms. The first-order valence-electron chi connectivity index (χ1n) is 8.94. The highest BCUT2D eigenvalue weighted by Gasteiger charge is 2.36. The summed E-state index contributed by atoms with van der Waals surface area (Å²) < 4.78 is 2.84. The van der Waals surface area contributed by atoms with Gasteiger partial charge in [-0.05, 0) is 47.7 Å². The lowest BCUT2D eigenvalue weighted by Gasteiger charge is -2.18. The molecule has 1 fully saturated rings. The molecule has 1 aliphatic carbocycles. The number of halogens is 2. The third-order valence-corrected chi connectivity index (χ3v) is 7.33. The van der Waals surface area contributed by atoms with Crippen molar-refractivity contribution in [1.29, 1.82) is 0 Å². The third-order valence-electron chi connectivity index (χ3n) is 5.29. The van der Waals surface area contributed by atoms with Crippen molar-refractivity contribution in [1.82, 2.24) is 19.5 Å². The van der Waals surface area contributed by atoms with Gasteiger partial charge >= 0.3 is 0 Å². The number of anilines is 1. The Kier molecular flexibility index (Phi) is 4.75. The van der Waals surface area contributed by atoms with Gasteiger partial charge in [0, 0.05) is 10.2 Å². The van der Waals surface area contributed by atoms with Crippen molar-refractivity contribution in [2.75, 3.05) is 11.1 Å². The van der Waals surface area contributed by atoms with E-state index in [0.29, 0.717) is 22.7 Å². The predicted molar refractivity (Wildman–Crippen MR) is 113 cm³/mol. The summed E-state index contributed by atoms with van der Waals surface area (Å²) in [5.74, 6) is 1.04. The Morgan fingerprint density at radius 2 is 2.14 bits per heavy atom. The van der Waals surface area contributed by atoms with Crippen LogP contribution in [-0.2, 0) is 6.42 Å². The Morgan fingerprint density at radius 1 is 1.29 bits per heavy atom. The van der Waals surface area contributed by atoms with Gasteiger partial charge in [-0.25, -0.2) is 4.98 Å². The number of imidazole rings is 1. The van der Waals surface area contributed by atoms with Crippen LogP contribution in [0.3, 0.4) is 0 Å². The van der Waals surface area contributed by atoms with Crippen molar-refractivity contribution in [3.63, 3.8) is 0 Å². The van der Waals surface area contributed by atoms with E-state index in [-0.39, 0.29) is 16.7 Å². The lowest BCUT2D eigenvalue weighted by atomic mass is 10.1. The fourth-order valence-electron chi connectivity index (χ4n) is 3.91. The van der Waals surface area contributed by atoms with E-state index in [1.54, 1.807) is 10.9 Å². The minimum atomic E-state index is -0.882. The van der Waals surface area contributed by atoms with Crippen LogP contribution in [0, 0.1) is 0 Å². The summed E-state index contributed by atoms with van der Waals surface area (Å²) in [5, 5.41) is 23.4. The number of aliphatic hydroxyl groups is 2. The van der Waals surface area contributed by atoms with Gasteiger partial charge in [-0.2, -0.15) is 9.97 Å². The van der Waals surface area contributed by atoms with Gasteiger partial charge in [0.15, 0.2) is 17.0 Å². The van der Waals surface area contributed by atoms with Crippen LogP contribution in [-0.4, -0.2) is 47.7 Å². The summed E-state index contributed by atoms with van der Waals surface area (Å²) in [6.45, 7) is 0. The molecule has 2 aromatic heterocycles. The van der Waals surface area contributed by atoms with Gasteiger partial charge in [0.1, 0.15) is 11.5 Å². The summed E-state index contributed by atoms with van der Waals surface area (Å²) in [4.78, 5) is 13.2. The topological polar surface area (TPSA) is 96.1 Å². The second-order valence-corrected chi connectivity index (χ2v) is 9.43. The van der Waals surface area contributed by atoms with E-state index >= 15 is 0 Å². The fraction of sp³-hybridized carbons (Fsp3) is 0.389. The molecule has 1 aliphatic heterocycles. The number of nitrogens with zero attached hydrogens (tertiary/aromatic N) is 4. The van der Waals surface area contributed by atoms with Crippen LogP contribution in [0.4, 0.5) is 5.82 Å². The molecule has 3 aromatic rings. The zero-order valence-corrected chi connectivity index (χ0v) is 17.7. The number of nitrogens with one attached hydrogen (secondary N) is 1. The van der Waals surface area contributed by atoms with Gasteiger partial charge in [-0.1, -0.05) is 22.0 Å². The normalized spacial score (nSPS) is 26.7. The molecule has 4 atom stereocenters. The number of aromatic nitrogens is 4. The largest absolute Gasteiger partial charge is 0.389 e. The lowest BCUT2D eigenvalue weighted by molar-refractivity contribution is 0.0313. The first kappa shape index (κ1) is 18.6. The monoisotopic (exact) mass is 481 g/mol. The van der Waals surface area contributed by atoms with Gasteiger partial charge in [-0.15, -0.1) is 11.8 Å². The van der Waals surface area contributed by atoms with E-state index in [1.807, 2.05) is 6.07 Å². The Labute approximate surface area is 178 Å². The van der Waals surface area contributed by atoms with Crippen LogP contribution in [0.1, 0.15) is 29.0 Å². The zero-order chi connectivity index (χ0) is 19.4. The molecule has 0 bridgehead atoms. The van der Waals surface area contributed by atoms with Crippen LogP contribution in [0.15, 0.2) is 29.0 Å². The zero-order valence-electron chi connectivity index (χ0n) is 14.6. The molecule has 1 saturated heterocycles. The summed E-state index contributed by atoms with van der Waals surface area (Å²) >= 11 is 11.2. The molecule has 2 aliphatic rings. The van der Waals surface area contributed by atoms with Gasteiger partial charge in [0.05, 0.1) is 18.5 Å². The lowest BCUT2D eigenvalue weighted by Crippen LogP contribution is -2.27. The molecule has 5 rings (SSSR count). The quantitative estimate of drug-likeness (QED) is 0.493. The fourth-order valence-corrected chi connectivity index (χ4v) is 5.77. The highest BCUT2D eigenvalue weighted by molar-refractivity contribution is 9.10. The Balaban J connectivity index is 1.51. The molecule has 0 amide bonds. The molecule has 10 heteroatoms. The van der Waals surface area contributed by atoms with Gasteiger partial charge < -0.3 is 15.5 Å². The van der Waals surface area contributed by atoms with Crippen LogP contribution in [0.5, 0.6) is 0 Å². The molecule has 3 N–H and O–H groups in total. The van der Waals surface area contributed by atoms with E-state index in [0.717, 1.165) is 17.3 Å². The molecule has 146 valence electrons. The minimum absolute atomic E-state index is 0.115. The maximum atomic E-state index is 10.3. The average molecular weight is 483 g/mol. The molecule has 1 aromatic carbocycles. The number of benzene rings is 1. The molecule has 7 nitrogen and oxygen atoms in total. The minimum Gasteiger partial charge on any atom is -0.389 e. The molecule has 3 heterocycles. The maximum absolute atomic E-state index is 10.3. The van der Waals surface area contributed by atoms with Crippen LogP contribution < -0.4 is 5.32 Å². The summed E-state index contributed by atoms with van der Waals surface area (Å²) in [5.41, 5.74) is 3.70. The van der Waals surface area contributed by atoms with Crippen molar-refractivity contribution in [3.8, 4) is 0 Å². The van der Waals surface area contributed by atoms with Crippen molar-refractivity contribution >= 4 is 56.3 Å². The van der Waals surface area contributed by atoms with Crippen molar-refractivity contribution in [2.24, 2.45) is 0 Å². The number of fused-ring (bicyclic) bond motifs is 2. The van der Waals surface area contributed by atoms with E-state index in [1.165, 1.54) is 22.9 Å². The first-order valence-corrected chi connectivity index (χ1v) is 11.2. The Bertz CT molecular complexity index is 1060. The molecule has 0 spiro atoms. The number of hydrogen-bond acceptors (Lipinski definition) is 7. The average Bonchev–Trinajstić information content (AvgIpc) is 3.34. The number of aryl methyl sites for hydroxylation is 1. The summed E-state index contributed by atoms with van der Waals surface area (Å²) in [6.07, 6.45) is 1.92. The van der Waals surface area contributed by atoms with Crippen LogP contribution in [0.25, 0.3) is 11.2 Å². The van der Waals surface area contributed by atoms with Crippen LogP contribution in [0.2, 0.25) is 5.28 Å². The Morgan fingerprint density at radius 3 is 2.93 bits per heavy atom. The SMILES string of the molecule is O[C@@H]1[C@H](O)CS[C@H]1n1cnc2c(N[C@@H]3CCc4cc(Br)ccc43)nc(Cl)nc21. The third kappa shape index (κ3) is 3.09. The van der Waals surface area contributed by atoms with Crippen molar-refractivity contribution < 1.29 is 10.2 Å².